The van der Waals surface area contributed by atoms with E-state index in [1.165, 1.54) is 0 Å². The number of hydrazine groups is 1. The summed E-state index contributed by atoms with van der Waals surface area (Å²) in [5.74, 6) is 0.606. The van der Waals surface area contributed by atoms with Gasteiger partial charge in [0.2, 0.25) is 0 Å². The molecule has 0 unspecified atom stereocenters. The topological polar surface area (TPSA) is 70.0 Å². The first-order valence-electron chi connectivity index (χ1n) is 4.08. The maximum atomic E-state index is 5.62. The minimum absolute atomic E-state index is 0.606. The Morgan fingerprint density at radius 3 is 2.60 bits per heavy atom. The molecule has 0 radical (unpaired) electrons. The molecule has 7 heteroatoms. The number of hydrogen-bond acceptors (Lipinski definition) is 4. The standard InChI is InChI=1S/C5H6BrClN2.C3H5N3/c1-9-4(6)2-3-5(7)8-9;4-3-1-2-5-6-3/h2-3,8H,1H3;1-2H,(H3,4,5,6). The highest BCUT2D eigenvalue weighted by Crippen LogP contribution is 2.14. The highest BCUT2D eigenvalue weighted by molar-refractivity contribution is 9.11. The van der Waals surface area contributed by atoms with Crippen LogP contribution in [0.1, 0.15) is 0 Å². The Morgan fingerprint density at radius 1 is 1.53 bits per heavy atom. The molecule has 0 spiro atoms. The molecule has 2 rings (SSSR count). The molecule has 0 fully saturated rings. The molecule has 1 aliphatic heterocycles. The van der Waals surface area contributed by atoms with Gasteiger partial charge in [-0.2, -0.15) is 5.10 Å². The van der Waals surface area contributed by atoms with E-state index in [2.05, 4.69) is 31.6 Å². The third-order valence-corrected chi connectivity index (χ3v) is 2.49. The number of anilines is 1. The Kier molecular flexibility index (Phi) is 4.51. The van der Waals surface area contributed by atoms with Crippen molar-refractivity contribution in [3.63, 3.8) is 0 Å². The fourth-order valence-corrected chi connectivity index (χ4v) is 1.18. The summed E-state index contributed by atoms with van der Waals surface area (Å²) >= 11 is 8.92. The van der Waals surface area contributed by atoms with Gasteiger partial charge in [-0.3, -0.25) is 15.5 Å². The fraction of sp³-hybridized carbons (Fsp3) is 0.125. The zero-order valence-electron chi connectivity index (χ0n) is 8.04. The van der Waals surface area contributed by atoms with Crippen LogP contribution >= 0.6 is 27.5 Å². The monoisotopic (exact) mass is 291 g/mol. The number of nitrogens with two attached hydrogens (primary N) is 1. The lowest BCUT2D eigenvalue weighted by Gasteiger charge is -2.22. The molecule has 1 aliphatic rings. The van der Waals surface area contributed by atoms with Crippen LogP contribution in [0.2, 0.25) is 0 Å². The number of aromatic nitrogens is 2. The number of aromatic amines is 1. The van der Waals surface area contributed by atoms with Gasteiger partial charge in [0.15, 0.2) is 0 Å². The summed E-state index contributed by atoms with van der Waals surface area (Å²) in [5.41, 5.74) is 8.03. The van der Waals surface area contributed by atoms with Crippen LogP contribution in [-0.4, -0.2) is 22.3 Å². The molecule has 0 saturated heterocycles. The van der Waals surface area contributed by atoms with Gasteiger partial charge in [-0.25, -0.2) is 0 Å². The lowest BCUT2D eigenvalue weighted by molar-refractivity contribution is 0.369. The molecule has 5 nitrogen and oxygen atoms in total. The highest BCUT2D eigenvalue weighted by atomic mass is 79.9. The number of nitrogens with zero attached hydrogens (tertiary/aromatic N) is 2. The number of nitrogen functional groups attached to an aromatic ring is 1. The van der Waals surface area contributed by atoms with E-state index in [1.54, 1.807) is 23.3 Å². The molecule has 4 N–H and O–H groups in total. The van der Waals surface area contributed by atoms with E-state index in [0.717, 1.165) is 4.61 Å². The summed E-state index contributed by atoms with van der Waals surface area (Å²) in [6, 6.07) is 1.69. The molecule has 0 atom stereocenters. The predicted molar refractivity (Wildman–Crippen MR) is 64.8 cm³/mol. The predicted octanol–water partition coefficient (Wildman–Crippen LogP) is 1.74. The van der Waals surface area contributed by atoms with Crippen LogP contribution in [0, 0.1) is 0 Å². The van der Waals surface area contributed by atoms with Crippen molar-refractivity contribution in [2.24, 2.45) is 0 Å². The second-order valence-corrected chi connectivity index (χ2v) is 3.91. The van der Waals surface area contributed by atoms with Crippen molar-refractivity contribution in [2.75, 3.05) is 12.8 Å². The zero-order valence-corrected chi connectivity index (χ0v) is 10.4. The van der Waals surface area contributed by atoms with Crippen molar-refractivity contribution in [1.29, 1.82) is 0 Å². The first-order chi connectivity index (χ1) is 7.09. The largest absolute Gasteiger partial charge is 0.384 e. The number of halogens is 2. The molecule has 2 heterocycles. The van der Waals surface area contributed by atoms with Gasteiger partial charge in [-0.1, -0.05) is 11.6 Å². The smallest absolute Gasteiger partial charge is 0.120 e. The minimum atomic E-state index is 0.606. The Hall–Kier alpha value is -1.14. The van der Waals surface area contributed by atoms with Crippen molar-refractivity contribution < 1.29 is 0 Å². The Balaban J connectivity index is 0.000000162. The number of hydrogen-bond donors (Lipinski definition) is 3. The van der Waals surface area contributed by atoms with Crippen LogP contribution in [0.4, 0.5) is 5.82 Å². The molecule has 15 heavy (non-hydrogen) atoms. The lowest BCUT2D eigenvalue weighted by atomic mass is 10.5. The maximum Gasteiger partial charge on any atom is 0.120 e. The average Bonchev–Trinajstić information content (AvgIpc) is 2.64. The molecule has 1 aromatic rings. The van der Waals surface area contributed by atoms with E-state index in [9.17, 15) is 0 Å². The molecule has 82 valence electrons. The normalized spacial score (nSPS) is 14.5. The van der Waals surface area contributed by atoms with Gasteiger partial charge in [0.05, 0.1) is 10.8 Å². The summed E-state index contributed by atoms with van der Waals surface area (Å²) in [4.78, 5) is 0. The summed E-state index contributed by atoms with van der Waals surface area (Å²) < 4.78 is 0.965. The molecule has 1 aromatic heterocycles. The van der Waals surface area contributed by atoms with Crippen molar-refractivity contribution in [3.05, 3.63) is 34.2 Å². The second kappa shape index (κ2) is 5.67. The van der Waals surface area contributed by atoms with E-state index in [-0.39, 0.29) is 0 Å². The van der Waals surface area contributed by atoms with Crippen LogP contribution in [-0.2, 0) is 0 Å². The quantitative estimate of drug-likeness (QED) is 0.637. The number of allylic oxidation sites excluding steroid dienone is 2. The van der Waals surface area contributed by atoms with E-state index >= 15 is 0 Å². The van der Waals surface area contributed by atoms with Gasteiger partial charge in [0.25, 0.3) is 0 Å². The van der Waals surface area contributed by atoms with Crippen molar-refractivity contribution in [2.45, 2.75) is 0 Å². The summed E-state index contributed by atoms with van der Waals surface area (Å²) in [6.45, 7) is 0. The SMILES string of the molecule is CN1NC(Cl)=CC=C1Br.Nc1ccn[nH]1. The maximum absolute atomic E-state index is 5.62. The Labute approximate surface area is 101 Å². The van der Waals surface area contributed by atoms with Crippen LogP contribution in [0.5, 0.6) is 0 Å². The lowest BCUT2D eigenvalue weighted by Crippen LogP contribution is -2.31. The highest BCUT2D eigenvalue weighted by Gasteiger charge is 2.03. The number of nitrogens with one attached hydrogen (secondary N) is 2. The minimum Gasteiger partial charge on any atom is -0.384 e. The second-order valence-electron chi connectivity index (χ2n) is 2.69. The molecule has 0 aromatic carbocycles. The van der Waals surface area contributed by atoms with Crippen molar-refractivity contribution in [1.82, 2.24) is 20.6 Å². The van der Waals surface area contributed by atoms with E-state index in [4.69, 9.17) is 17.3 Å². The van der Waals surface area contributed by atoms with Crippen molar-refractivity contribution in [3.8, 4) is 0 Å². The molecule has 0 amide bonds. The molecular formula is C8H11BrClN5. The van der Waals surface area contributed by atoms with Gasteiger partial charge in [-0.15, -0.1) is 0 Å². The van der Waals surface area contributed by atoms with E-state index in [0.29, 0.717) is 11.0 Å². The van der Waals surface area contributed by atoms with E-state index in [1.807, 2.05) is 13.1 Å². The van der Waals surface area contributed by atoms with Crippen molar-refractivity contribution >= 4 is 33.3 Å². The van der Waals surface area contributed by atoms with Gasteiger partial charge in [0, 0.05) is 7.05 Å². The number of H-pyrrole nitrogens is 1. The third-order valence-electron chi connectivity index (χ3n) is 1.48. The molecular weight excluding hydrogens is 281 g/mol. The average molecular weight is 293 g/mol. The fourth-order valence-electron chi connectivity index (χ4n) is 0.771. The zero-order chi connectivity index (χ0) is 11.3. The molecule has 0 bridgehead atoms. The van der Waals surface area contributed by atoms with Crippen LogP contribution in [0.15, 0.2) is 34.2 Å². The number of rotatable bonds is 0. The van der Waals surface area contributed by atoms with Gasteiger partial charge in [0.1, 0.15) is 11.0 Å². The summed E-state index contributed by atoms with van der Waals surface area (Å²) in [5, 5.41) is 8.51. The van der Waals surface area contributed by atoms with E-state index < -0.39 is 0 Å². The first kappa shape index (κ1) is 11.9. The molecule has 0 saturated carbocycles. The van der Waals surface area contributed by atoms with Gasteiger partial charge < -0.3 is 5.73 Å². The van der Waals surface area contributed by atoms with Crippen LogP contribution in [0.3, 0.4) is 0 Å². The summed E-state index contributed by atoms with van der Waals surface area (Å²) in [6.07, 6.45) is 5.26. The Morgan fingerprint density at radius 2 is 2.27 bits per heavy atom. The Bertz CT molecular complexity index is 359. The molecule has 0 aliphatic carbocycles. The van der Waals surface area contributed by atoms with Crippen LogP contribution in [0.25, 0.3) is 0 Å². The summed E-state index contributed by atoms with van der Waals surface area (Å²) in [7, 11) is 1.87. The van der Waals surface area contributed by atoms with Gasteiger partial charge in [-0.05, 0) is 34.1 Å². The van der Waals surface area contributed by atoms with Crippen LogP contribution < -0.4 is 11.2 Å². The third kappa shape index (κ3) is 4.26. The first-order valence-corrected chi connectivity index (χ1v) is 5.25. The van der Waals surface area contributed by atoms with Gasteiger partial charge >= 0.3 is 0 Å².